The van der Waals surface area contributed by atoms with E-state index in [0.717, 1.165) is 24.3 Å². The lowest BCUT2D eigenvalue weighted by molar-refractivity contribution is -0.119. The van der Waals surface area contributed by atoms with E-state index in [1.165, 1.54) is 24.3 Å². The maximum atomic E-state index is 15.0. The van der Waals surface area contributed by atoms with Crippen molar-refractivity contribution in [3.05, 3.63) is 24.0 Å². The molecule has 3 saturated heterocycles. The third-order valence-electron chi connectivity index (χ3n) is 5.46. The highest BCUT2D eigenvalue weighted by molar-refractivity contribution is 7.99. The van der Waals surface area contributed by atoms with E-state index in [9.17, 15) is 14.0 Å². The lowest BCUT2D eigenvalue weighted by atomic mass is 9.95. The summed E-state index contributed by atoms with van der Waals surface area (Å²) in [5, 5.41) is 2.64. The van der Waals surface area contributed by atoms with Gasteiger partial charge in [0.1, 0.15) is 11.9 Å². The van der Waals surface area contributed by atoms with Crippen molar-refractivity contribution in [2.24, 2.45) is 0 Å². The summed E-state index contributed by atoms with van der Waals surface area (Å²) in [6, 6.07) is 5.79. The van der Waals surface area contributed by atoms with Crippen molar-refractivity contribution in [1.82, 2.24) is 5.32 Å². The van der Waals surface area contributed by atoms with Crippen LogP contribution in [0.15, 0.2) is 18.2 Å². The number of hydrogen-bond donors (Lipinski definition) is 1. The number of nitrogens with one attached hydrogen (secondary N) is 1. The van der Waals surface area contributed by atoms with Gasteiger partial charge in [-0.1, -0.05) is 0 Å². The second-order valence-electron chi connectivity index (χ2n) is 7.37. The smallest absolute Gasteiger partial charge is 0.414 e. The monoisotopic (exact) mass is 393 g/mol. The lowest BCUT2D eigenvalue weighted by Gasteiger charge is -2.47. The summed E-state index contributed by atoms with van der Waals surface area (Å²) in [6.45, 7) is 1.97. The fourth-order valence-corrected chi connectivity index (χ4v) is 5.53. The molecule has 4 rings (SSSR count). The van der Waals surface area contributed by atoms with E-state index in [-0.39, 0.29) is 18.3 Å². The fraction of sp³-hybridized carbons (Fsp3) is 0.579. The summed E-state index contributed by atoms with van der Waals surface area (Å²) in [7, 11) is 0. The zero-order valence-corrected chi connectivity index (χ0v) is 16.1. The normalized spacial score (nSPS) is 27.5. The van der Waals surface area contributed by atoms with Crippen molar-refractivity contribution in [1.29, 1.82) is 0 Å². The molecule has 0 aromatic heterocycles. The molecule has 146 valence electrons. The Balaban J connectivity index is 1.50. The van der Waals surface area contributed by atoms with Crippen molar-refractivity contribution in [2.45, 2.75) is 44.4 Å². The highest BCUT2D eigenvalue weighted by atomic mass is 32.2. The molecule has 2 bridgehead atoms. The molecule has 3 fully saturated rings. The number of cyclic esters (lactones) is 1. The maximum Gasteiger partial charge on any atom is 0.414 e. The van der Waals surface area contributed by atoms with Crippen LogP contribution in [0.3, 0.4) is 0 Å². The van der Waals surface area contributed by atoms with E-state index in [2.05, 4.69) is 10.2 Å². The Hall–Kier alpha value is -1.96. The van der Waals surface area contributed by atoms with Crippen LogP contribution >= 0.6 is 11.8 Å². The van der Waals surface area contributed by atoms with E-state index < -0.39 is 12.2 Å². The topological polar surface area (TPSA) is 61.9 Å². The van der Waals surface area contributed by atoms with Gasteiger partial charge in [-0.15, -0.1) is 0 Å². The molecule has 2 unspecified atom stereocenters. The number of nitrogens with zero attached hydrogens (tertiary/aromatic N) is 2. The molecule has 27 heavy (non-hydrogen) atoms. The number of halogens is 1. The summed E-state index contributed by atoms with van der Waals surface area (Å²) in [5.41, 5.74) is 1.12. The molecule has 3 heterocycles. The molecule has 0 saturated carbocycles. The highest BCUT2D eigenvalue weighted by Gasteiger charge is 2.37. The van der Waals surface area contributed by atoms with Gasteiger partial charge >= 0.3 is 6.09 Å². The van der Waals surface area contributed by atoms with Gasteiger partial charge in [-0.3, -0.25) is 9.69 Å². The Bertz CT molecular complexity index is 725. The molecule has 0 radical (unpaired) electrons. The Morgan fingerprint density at radius 2 is 2.07 bits per heavy atom. The summed E-state index contributed by atoms with van der Waals surface area (Å²) in [4.78, 5) is 26.8. The minimum absolute atomic E-state index is 0.176. The van der Waals surface area contributed by atoms with Gasteiger partial charge in [0.25, 0.3) is 0 Å². The average Bonchev–Trinajstić information content (AvgIpc) is 3.00. The maximum absolute atomic E-state index is 15.0. The third kappa shape index (κ3) is 3.72. The van der Waals surface area contributed by atoms with Crippen LogP contribution in [0.25, 0.3) is 0 Å². The van der Waals surface area contributed by atoms with Crippen molar-refractivity contribution in [3.63, 3.8) is 0 Å². The van der Waals surface area contributed by atoms with Crippen LogP contribution in [0, 0.1) is 5.82 Å². The lowest BCUT2D eigenvalue weighted by Crippen LogP contribution is -2.52. The van der Waals surface area contributed by atoms with E-state index in [4.69, 9.17) is 4.74 Å². The first-order valence-corrected chi connectivity index (χ1v) is 10.6. The fourth-order valence-electron chi connectivity index (χ4n) is 4.20. The van der Waals surface area contributed by atoms with Crippen LogP contribution in [-0.2, 0) is 9.53 Å². The second kappa shape index (κ2) is 7.58. The van der Waals surface area contributed by atoms with Crippen LogP contribution in [-0.4, -0.2) is 54.8 Å². The summed E-state index contributed by atoms with van der Waals surface area (Å²) in [6.07, 6.45) is 2.48. The average molecular weight is 393 g/mol. The number of carbonyl (C=O) groups is 2. The van der Waals surface area contributed by atoms with Gasteiger partial charge in [-0.05, 0) is 37.5 Å². The van der Waals surface area contributed by atoms with E-state index in [1.54, 1.807) is 12.1 Å². The molecule has 8 heteroatoms. The zero-order chi connectivity index (χ0) is 19.0. The molecule has 0 aliphatic carbocycles. The first kappa shape index (κ1) is 18.4. The summed E-state index contributed by atoms with van der Waals surface area (Å²) >= 11 is 1.96. The van der Waals surface area contributed by atoms with Gasteiger partial charge < -0.3 is 15.0 Å². The molecule has 3 atom stereocenters. The molecule has 2 amide bonds. The number of benzene rings is 1. The van der Waals surface area contributed by atoms with E-state index in [1.807, 2.05) is 11.8 Å². The van der Waals surface area contributed by atoms with Crippen molar-refractivity contribution in [3.8, 4) is 0 Å². The molecule has 3 aliphatic heterocycles. The summed E-state index contributed by atoms with van der Waals surface area (Å²) < 4.78 is 20.3. The van der Waals surface area contributed by atoms with E-state index >= 15 is 0 Å². The van der Waals surface area contributed by atoms with Crippen LogP contribution < -0.4 is 15.1 Å². The quantitative estimate of drug-likeness (QED) is 0.852. The van der Waals surface area contributed by atoms with Crippen LogP contribution in [0.2, 0.25) is 0 Å². The van der Waals surface area contributed by atoms with Crippen LogP contribution in [0.1, 0.15) is 26.2 Å². The number of hydrogen-bond acceptors (Lipinski definition) is 5. The second-order valence-corrected chi connectivity index (χ2v) is 8.45. The van der Waals surface area contributed by atoms with Crippen molar-refractivity contribution < 1.29 is 18.7 Å². The number of anilines is 2. The first-order chi connectivity index (χ1) is 13.0. The summed E-state index contributed by atoms with van der Waals surface area (Å²) in [5.74, 6) is 1.61. The van der Waals surface area contributed by atoms with Crippen molar-refractivity contribution in [2.75, 3.05) is 34.4 Å². The number of fused-ring (bicyclic) bond motifs is 2. The number of piperidine rings is 1. The minimum Gasteiger partial charge on any atom is -0.442 e. The third-order valence-corrected chi connectivity index (χ3v) is 6.70. The molecule has 1 aromatic rings. The largest absolute Gasteiger partial charge is 0.442 e. The SMILES string of the molecule is CC(=O)NC[C@H]1CN(c2ccc(N3C4CCCC3CSC4)c(F)c2)C(=O)O1. The molecule has 6 nitrogen and oxygen atoms in total. The number of ether oxygens (including phenoxy) is 1. The van der Waals surface area contributed by atoms with Gasteiger partial charge in [-0.25, -0.2) is 9.18 Å². The first-order valence-electron chi connectivity index (χ1n) is 9.41. The minimum atomic E-state index is -0.510. The Morgan fingerprint density at radius 1 is 1.33 bits per heavy atom. The molecule has 1 N–H and O–H groups in total. The van der Waals surface area contributed by atoms with Gasteiger partial charge in [-0.2, -0.15) is 11.8 Å². The standard InChI is InChI=1S/C19H24FN3O3S/c1-12(24)21-8-16-9-22(19(25)26-16)13-5-6-18(17(20)7-13)23-14-3-2-4-15(23)11-27-10-14/h5-7,14-16H,2-4,8-11H2,1H3,(H,21,24)/t14?,15?,16-/m0/s1. The Labute approximate surface area is 162 Å². The van der Waals surface area contributed by atoms with Gasteiger partial charge in [0.15, 0.2) is 0 Å². The highest BCUT2D eigenvalue weighted by Crippen LogP contribution is 2.38. The molecule has 1 aromatic carbocycles. The van der Waals surface area contributed by atoms with Gasteiger partial charge in [0, 0.05) is 30.5 Å². The van der Waals surface area contributed by atoms with Crippen LogP contribution in [0.4, 0.5) is 20.6 Å². The predicted molar refractivity (Wildman–Crippen MR) is 104 cm³/mol. The number of thioether (sulfide) groups is 1. The molecule has 0 spiro atoms. The van der Waals surface area contributed by atoms with E-state index in [0.29, 0.717) is 30.0 Å². The molecular formula is C19H24FN3O3S. The predicted octanol–water partition coefficient (Wildman–Crippen LogP) is 2.76. The van der Waals surface area contributed by atoms with Gasteiger partial charge in [0.05, 0.1) is 24.5 Å². The molecule has 3 aliphatic rings. The Morgan fingerprint density at radius 3 is 2.74 bits per heavy atom. The van der Waals surface area contributed by atoms with Gasteiger partial charge in [0.2, 0.25) is 5.91 Å². The zero-order valence-electron chi connectivity index (χ0n) is 15.3. The van der Waals surface area contributed by atoms with Crippen LogP contribution in [0.5, 0.6) is 0 Å². The van der Waals surface area contributed by atoms with Crippen molar-refractivity contribution >= 4 is 35.1 Å². The number of rotatable bonds is 4. The Kier molecular flexibility index (Phi) is 5.16. The molecular weight excluding hydrogens is 369 g/mol. The number of amides is 2. The number of carbonyl (C=O) groups excluding carboxylic acids is 2.